The molecule has 1 saturated carbocycles. The summed E-state index contributed by atoms with van der Waals surface area (Å²) in [5.74, 6) is -0.534. The Morgan fingerprint density at radius 3 is 2.52 bits per heavy atom. The van der Waals surface area contributed by atoms with Crippen molar-refractivity contribution in [1.29, 1.82) is 0 Å². The minimum Gasteiger partial charge on any atom is -0.207 e. The summed E-state index contributed by atoms with van der Waals surface area (Å²) in [7, 11) is -3.86. The van der Waals surface area contributed by atoms with Gasteiger partial charge in [0.25, 0.3) is 0 Å². The van der Waals surface area contributed by atoms with E-state index >= 15 is 0 Å². The van der Waals surface area contributed by atoms with Crippen molar-refractivity contribution in [2.75, 3.05) is 12.4 Å². The Bertz CT molecular complexity index is 591. The Morgan fingerprint density at radius 1 is 1.29 bits per heavy atom. The van der Waals surface area contributed by atoms with Crippen molar-refractivity contribution in [1.82, 2.24) is 4.31 Å². The van der Waals surface area contributed by atoms with E-state index in [-0.39, 0.29) is 23.4 Å². The summed E-state index contributed by atoms with van der Waals surface area (Å²) < 4.78 is 41.5. The van der Waals surface area contributed by atoms with E-state index in [0.29, 0.717) is 4.47 Å². The molecule has 0 saturated heterocycles. The Morgan fingerprint density at radius 2 is 1.95 bits per heavy atom. The standard InChI is InChI=1S/C14H18BrClFNO2S/c15-11-6-7-14(13(17)10-11)21(19,20)18(9-8-16)12-4-2-1-3-5-12/h6-7,10,12H,1-5,8-9H2. The molecule has 0 unspecified atom stereocenters. The summed E-state index contributed by atoms with van der Waals surface area (Å²) in [4.78, 5) is -0.276. The average molecular weight is 399 g/mol. The lowest BCUT2D eigenvalue weighted by Gasteiger charge is -2.33. The Labute approximate surface area is 138 Å². The first-order valence-electron chi connectivity index (χ1n) is 6.99. The van der Waals surface area contributed by atoms with E-state index < -0.39 is 15.8 Å². The van der Waals surface area contributed by atoms with E-state index in [9.17, 15) is 12.8 Å². The van der Waals surface area contributed by atoms with Crippen molar-refractivity contribution in [2.24, 2.45) is 0 Å². The second-order valence-electron chi connectivity index (χ2n) is 5.17. The van der Waals surface area contributed by atoms with Crippen LogP contribution in [0.4, 0.5) is 4.39 Å². The third kappa shape index (κ3) is 3.97. The molecule has 0 bridgehead atoms. The predicted molar refractivity (Wildman–Crippen MR) is 85.6 cm³/mol. The van der Waals surface area contributed by atoms with E-state index in [0.717, 1.165) is 32.1 Å². The number of hydrogen-bond acceptors (Lipinski definition) is 2. The second kappa shape index (κ2) is 7.40. The zero-order valence-corrected chi connectivity index (χ0v) is 14.7. The van der Waals surface area contributed by atoms with Crippen LogP contribution in [-0.2, 0) is 10.0 Å². The summed E-state index contributed by atoms with van der Waals surface area (Å²) in [5, 5.41) is 0. The number of benzene rings is 1. The quantitative estimate of drug-likeness (QED) is 0.699. The summed E-state index contributed by atoms with van der Waals surface area (Å²) in [6.07, 6.45) is 4.75. The Kier molecular flexibility index (Phi) is 6.05. The minimum absolute atomic E-state index is 0.0782. The molecule has 0 aliphatic heterocycles. The highest BCUT2D eigenvalue weighted by Crippen LogP contribution is 2.29. The fraction of sp³-hybridized carbons (Fsp3) is 0.571. The Balaban J connectivity index is 2.36. The van der Waals surface area contributed by atoms with Crippen molar-refractivity contribution < 1.29 is 12.8 Å². The first-order valence-corrected chi connectivity index (χ1v) is 9.76. The molecule has 118 valence electrons. The van der Waals surface area contributed by atoms with Gasteiger partial charge in [-0.05, 0) is 31.0 Å². The monoisotopic (exact) mass is 397 g/mol. The van der Waals surface area contributed by atoms with Crippen molar-refractivity contribution in [2.45, 2.75) is 43.0 Å². The zero-order valence-electron chi connectivity index (χ0n) is 11.6. The lowest BCUT2D eigenvalue weighted by atomic mass is 9.95. The second-order valence-corrected chi connectivity index (χ2v) is 8.32. The molecule has 1 aromatic carbocycles. The van der Waals surface area contributed by atoms with Crippen molar-refractivity contribution in [3.05, 3.63) is 28.5 Å². The van der Waals surface area contributed by atoms with Crippen LogP contribution in [0.5, 0.6) is 0 Å². The molecular formula is C14H18BrClFNO2S. The minimum atomic E-state index is -3.86. The summed E-state index contributed by atoms with van der Waals surface area (Å²) in [5.41, 5.74) is 0. The fourth-order valence-corrected chi connectivity index (χ4v) is 5.11. The van der Waals surface area contributed by atoms with Crippen molar-refractivity contribution in [3.63, 3.8) is 0 Å². The van der Waals surface area contributed by atoms with Crippen molar-refractivity contribution >= 4 is 37.6 Å². The van der Waals surface area contributed by atoms with Gasteiger partial charge in [0.15, 0.2) is 0 Å². The number of nitrogens with zero attached hydrogens (tertiary/aromatic N) is 1. The van der Waals surface area contributed by atoms with E-state index in [4.69, 9.17) is 11.6 Å². The number of halogens is 3. The number of hydrogen-bond donors (Lipinski definition) is 0. The van der Waals surface area contributed by atoms with Gasteiger partial charge in [-0.2, -0.15) is 4.31 Å². The van der Waals surface area contributed by atoms with Crippen LogP contribution in [-0.4, -0.2) is 31.2 Å². The highest BCUT2D eigenvalue weighted by atomic mass is 79.9. The third-order valence-electron chi connectivity index (χ3n) is 3.77. The molecule has 2 rings (SSSR count). The molecule has 0 aromatic heterocycles. The smallest absolute Gasteiger partial charge is 0.207 e. The van der Waals surface area contributed by atoms with Gasteiger partial charge in [-0.25, -0.2) is 12.8 Å². The molecule has 1 aromatic rings. The van der Waals surface area contributed by atoms with E-state index in [2.05, 4.69) is 15.9 Å². The lowest BCUT2D eigenvalue weighted by molar-refractivity contribution is 0.261. The molecule has 21 heavy (non-hydrogen) atoms. The number of sulfonamides is 1. The van der Waals surface area contributed by atoms with E-state index in [1.54, 1.807) is 0 Å². The fourth-order valence-electron chi connectivity index (χ4n) is 2.76. The average Bonchev–Trinajstić information content (AvgIpc) is 2.45. The molecule has 1 fully saturated rings. The normalized spacial score (nSPS) is 17.3. The van der Waals surface area contributed by atoms with Crippen LogP contribution in [0.25, 0.3) is 0 Å². The van der Waals surface area contributed by atoms with Gasteiger partial charge in [0.2, 0.25) is 10.0 Å². The van der Waals surface area contributed by atoms with Crippen LogP contribution in [0.3, 0.4) is 0 Å². The van der Waals surface area contributed by atoms with Gasteiger partial charge >= 0.3 is 0 Å². The van der Waals surface area contributed by atoms with Crippen LogP contribution in [0.1, 0.15) is 32.1 Å². The molecule has 1 aliphatic rings. The van der Waals surface area contributed by atoms with Gasteiger partial charge in [-0.1, -0.05) is 35.2 Å². The first-order chi connectivity index (χ1) is 9.96. The third-order valence-corrected chi connectivity index (χ3v) is 6.41. The maximum Gasteiger partial charge on any atom is 0.246 e. The SMILES string of the molecule is O=S(=O)(c1ccc(Br)cc1F)N(CCCl)C1CCCCC1. The number of alkyl halides is 1. The summed E-state index contributed by atoms with van der Waals surface area (Å²) in [6.45, 7) is 0.212. The highest BCUT2D eigenvalue weighted by Gasteiger charge is 2.33. The van der Waals surface area contributed by atoms with Crippen LogP contribution in [0, 0.1) is 5.82 Å². The van der Waals surface area contributed by atoms with Crippen LogP contribution in [0.2, 0.25) is 0 Å². The lowest BCUT2D eigenvalue weighted by Crippen LogP contribution is -2.42. The van der Waals surface area contributed by atoms with Gasteiger partial charge < -0.3 is 0 Å². The molecule has 0 atom stereocenters. The van der Waals surface area contributed by atoms with Gasteiger partial charge in [0, 0.05) is 22.9 Å². The number of rotatable bonds is 5. The largest absolute Gasteiger partial charge is 0.246 e. The topological polar surface area (TPSA) is 37.4 Å². The van der Waals surface area contributed by atoms with Gasteiger partial charge in [-0.3, -0.25) is 0 Å². The Hall–Kier alpha value is -0.170. The molecule has 0 heterocycles. The maximum absolute atomic E-state index is 14.0. The molecule has 1 aliphatic carbocycles. The molecule has 7 heteroatoms. The zero-order chi connectivity index (χ0) is 15.5. The van der Waals surface area contributed by atoms with Crippen LogP contribution < -0.4 is 0 Å². The van der Waals surface area contributed by atoms with Gasteiger partial charge in [0.1, 0.15) is 10.7 Å². The molecule has 0 spiro atoms. The summed E-state index contributed by atoms with van der Waals surface area (Å²) in [6, 6.07) is 3.94. The predicted octanol–water partition coefficient (Wildman–Crippen LogP) is 4.15. The van der Waals surface area contributed by atoms with Crippen LogP contribution >= 0.6 is 27.5 Å². The van der Waals surface area contributed by atoms with E-state index in [1.807, 2.05) is 0 Å². The van der Waals surface area contributed by atoms with Crippen LogP contribution in [0.15, 0.2) is 27.6 Å². The molecule has 0 radical (unpaired) electrons. The maximum atomic E-state index is 14.0. The highest BCUT2D eigenvalue weighted by molar-refractivity contribution is 9.10. The molecular weight excluding hydrogens is 381 g/mol. The summed E-state index contributed by atoms with van der Waals surface area (Å²) >= 11 is 8.90. The first kappa shape index (κ1) is 17.2. The molecule has 0 amide bonds. The molecule has 3 nitrogen and oxygen atoms in total. The molecule has 0 N–H and O–H groups in total. The van der Waals surface area contributed by atoms with Gasteiger partial charge in [-0.15, -0.1) is 11.6 Å². The van der Waals surface area contributed by atoms with Crippen molar-refractivity contribution in [3.8, 4) is 0 Å². The van der Waals surface area contributed by atoms with E-state index in [1.165, 1.54) is 22.5 Å². The van der Waals surface area contributed by atoms with Gasteiger partial charge in [0.05, 0.1) is 0 Å².